The molecule has 1 aromatic heterocycles. The first-order valence-electron chi connectivity index (χ1n) is 14.5. The van der Waals surface area contributed by atoms with E-state index >= 15 is 0 Å². The molecule has 2 heterocycles. The minimum Gasteiger partial charge on any atom is -0.324 e. The number of fused-ring (bicyclic) bond motifs is 3. The van der Waals surface area contributed by atoms with Crippen molar-refractivity contribution in [3.05, 3.63) is 174 Å². The molecular weight excluding hydrogens is 524 g/mol. The summed E-state index contributed by atoms with van der Waals surface area (Å²) in [5.41, 5.74) is 8.97. The predicted octanol–water partition coefficient (Wildman–Crippen LogP) is 8.95. The van der Waals surface area contributed by atoms with Crippen LogP contribution in [0, 0.1) is 0 Å². The molecule has 0 fully saturated rings. The molecule has 0 saturated heterocycles. The van der Waals surface area contributed by atoms with Crippen molar-refractivity contribution < 1.29 is 0 Å². The number of nitrogens with zero attached hydrogens (tertiary/aromatic N) is 3. The van der Waals surface area contributed by atoms with E-state index in [9.17, 15) is 0 Å². The van der Waals surface area contributed by atoms with Gasteiger partial charge in [0, 0.05) is 27.6 Å². The monoisotopic (exact) mass is 552 g/mol. The molecular formula is C39H28N4. The molecule has 1 unspecified atom stereocenters. The normalized spacial score (nSPS) is 14.7. The molecule has 1 N–H and O–H groups in total. The van der Waals surface area contributed by atoms with Crippen LogP contribution in [0.25, 0.3) is 38.6 Å². The molecule has 1 aliphatic heterocycles. The zero-order chi connectivity index (χ0) is 28.6. The fraction of sp³-hybridized carbons (Fsp3) is 0.0256. The highest BCUT2D eigenvalue weighted by Crippen LogP contribution is 2.33. The third-order valence-corrected chi connectivity index (χ3v) is 8.06. The number of rotatable bonds is 5. The Bertz CT molecular complexity index is 2090. The lowest BCUT2D eigenvalue weighted by atomic mass is 10.0. The number of aliphatic imine (C=N–C) groups is 2. The van der Waals surface area contributed by atoms with E-state index in [2.05, 4.69) is 131 Å². The second-order valence-electron chi connectivity index (χ2n) is 10.7. The van der Waals surface area contributed by atoms with Crippen LogP contribution in [0.15, 0.2) is 168 Å². The molecule has 1 aliphatic rings. The van der Waals surface area contributed by atoms with Gasteiger partial charge in [0.15, 0.2) is 6.17 Å². The van der Waals surface area contributed by atoms with Crippen molar-refractivity contribution >= 4 is 33.5 Å². The quantitative estimate of drug-likeness (QED) is 0.228. The van der Waals surface area contributed by atoms with Crippen molar-refractivity contribution in [2.24, 2.45) is 9.98 Å². The first-order valence-corrected chi connectivity index (χ1v) is 14.5. The van der Waals surface area contributed by atoms with Gasteiger partial charge in [-0.15, -0.1) is 0 Å². The van der Waals surface area contributed by atoms with Crippen LogP contribution in [0.4, 0.5) is 0 Å². The molecule has 7 aromatic rings. The van der Waals surface area contributed by atoms with Gasteiger partial charge in [-0.05, 0) is 47.0 Å². The number of aromatic nitrogens is 1. The Morgan fingerprint density at radius 2 is 0.977 bits per heavy atom. The van der Waals surface area contributed by atoms with Crippen molar-refractivity contribution in [1.29, 1.82) is 0 Å². The molecule has 0 spiro atoms. The maximum Gasteiger partial charge on any atom is 0.169 e. The predicted molar refractivity (Wildman–Crippen MR) is 178 cm³/mol. The summed E-state index contributed by atoms with van der Waals surface area (Å²) in [6.07, 6.45) is -0.318. The van der Waals surface area contributed by atoms with Crippen LogP contribution in [0.1, 0.15) is 22.9 Å². The molecule has 8 rings (SSSR count). The first kappa shape index (κ1) is 25.0. The molecule has 1 atom stereocenters. The van der Waals surface area contributed by atoms with Crippen molar-refractivity contribution in [2.45, 2.75) is 6.17 Å². The number of nitrogens with one attached hydrogen (secondary N) is 1. The van der Waals surface area contributed by atoms with Crippen LogP contribution in [0.5, 0.6) is 0 Å². The summed E-state index contributed by atoms with van der Waals surface area (Å²) >= 11 is 0. The highest BCUT2D eigenvalue weighted by Gasteiger charge is 2.21. The zero-order valence-electron chi connectivity index (χ0n) is 23.4. The highest BCUT2D eigenvalue weighted by atomic mass is 15.2. The summed E-state index contributed by atoms with van der Waals surface area (Å²) in [5, 5.41) is 6.06. The van der Waals surface area contributed by atoms with Crippen molar-refractivity contribution in [3.8, 4) is 16.8 Å². The van der Waals surface area contributed by atoms with E-state index in [-0.39, 0.29) is 6.17 Å². The fourth-order valence-electron chi connectivity index (χ4n) is 5.96. The molecule has 0 amide bonds. The lowest BCUT2D eigenvalue weighted by molar-refractivity contribution is 0.756. The lowest BCUT2D eigenvalue weighted by Crippen LogP contribution is -2.36. The third kappa shape index (κ3) is 4.59. The van der Waals surface area contributed by atoms with Crippen LogP contribution in [-0.4, -0.2) is 16.2 Å². The van der Waals surface area contributed by atoms with Crippen LogP contribution < -0.4 is 5.32 Å². The molecule has 0 bridgehead atoms. The summed E-state index contributed by atoms with van der Waals surface area (Å²) in [6.45, 7) is 0. The van der Waals surface area contributed by atoms with E-state index in [1.165, 1.54) is 21.8 Å². The number of benzene rings is 6. The topological polar surface area (TPSA) is 41.7 Å². The largest absolute Gasteiger partial charge is 0.324 e. The van der Waals surface area contributed by atoms with E-state index in [1.807, 2.05) is 36.4 Å². The molecule has 0 aliphatic carbocycles. The molecule has 204 valence electrons. The summed E-state index contributed by atoms with van der Waals surface area (Å²) < 4.78 is 2.35. The Balaban J connectivity index is 1.16. The van der Waals surface area contributed by atoms with Crippen molar-refractivity contribution in [2.75, 3.05) is 0 Å². The molecule has 0 radical (unpaired) electrons. The molecule has 4 nitrogen and oxygen atoms in total. The second-order valence-corrected chi connectivity index (χ2v) is 10.7. The van der Waals surface area contributed by atoms with Gasteiger partial charge >= 0.3 is 0 Å². The van der Waals surface area contributed by atoms with Gasteiger partial charge in [0.25, 0.3) is 0 Å². The average molecular weight is 553 g/mol. The minimum absolute atomic E-state index is 0.318. The van der Waals surface area contributed by atoms with Gasteiger partial charge < -0.3 is 9.88 Å². The van der Waals surface area contributed by atoms with E-state index in [0.29, 0.717) is 0 Å². The maximum absolute atomic E-state index is 5.05. The fourth-order valence-corrected chi connectivity index (χ4v) is 5.96. The minimum atomic E-state index is -0.318. The van der Waals surface area contributed by atoms with Gasteiger partial charge in [-0.2, -0.15) is 0 Å². The van der Waals surface area contributed by atoms with Crippen LogP contribution >= 0.6 is 0 Å². The Morgan fingerprint density at radius 1 is 0.442 bits per heavy atom. The van der Waals surface area contributed by atoms with Gasteiger partial charge in [-0.3, -0.25) is 0 Å². The molecule has 0 saturated carbocycles. The third-order valence-electron chi connectivity index (χ3n) is 8.06. The van der Waals surface area contributed by atoms with Gasteiger partial charge in [0.2, 0.25) is 0 Å². The molecule has 43 heavy (non-hydrogen) atoms. The van der Waals surface area contributed by atoms with Crippen LogP contribution in [0.3, 0.4) is 0 Å². The molecule has 4 heteroatoms. The summed E-state index contributed by atoms with van der Waals surface area (Å²) in [4.78, 5) is 10.0. The number of hydrogen-bond donors (Lipinski definition) is 1. The van der Waals surface area contributed by atoms with E-state index < -0.39 is 0 Å². The van der Waals surface area contributed by atoms with Gasteiger partial charge in [-0.1, -0.05) is 127 Å². The lowest BCUT2D eigenvalue weighted by Gasteiger charge is -2.22. The highest BCUT2D eigenvalue weighted by molar-refractivity contribution is 6.16. The molecule has 6 aromatic carbocycles. The first-order chi connectivity index (χ1) is 21.3. The smallest absolute Gasteiger partial charge is 0.169 e. The van der Waals surface area contributed by atoms with Crippen LogP contribution in [-0.2, 0) is 0 Å². The SMILES string of the molecule is c1ccc(C2=NC(c3ccccc3)N=C(c3cccc(-c4ccc(-n5c6ccccc6c6ccccc65)cc4)c3)N2)cc1. The zero-order valence-corrected chi connectivity index (χ0v) is 23.4. The standard InChI is InChI=1S/C39H28N4/c1-3-12-28(13-4-1)37-40-38(29-14-5-2-6-15-29)42-39(41-37)31-17-11-16-30(26-31)27-22-24-32(25-23-27)43-35-20-9-7-18-33(35)34-19-8-10-21-36(34)43/h1-26,37H,(H,40,41,42). The Kier molecular flexibility index (Phi) is 6.16. The maximum atomic E-state index is 5.05. The second kappa shape index (κ2) is 10.6. The van der Waals surface area contributed by atoms with Crippen molar-refractivity contribution in [3.63, 3.8) is 0 Å². The van der Waals surface area contributed by atoms with Gasteiger partial charge in [0.05, 0.1) is 11.0 Å². The van der Waals surface area contributed by atoms with Crippen LogP contribution in [0.2, 0.25) is 0 Å². The summed E-state index contributed by atoms with van der Waals surface area (Å²) in [5.74, 6) is 1.63. The van der Waals surface area contributed by atoms with E-state index in [0.717, 1.165) is 45.2 Å². The summed E-state index contributed by atoms with van der Waals surface area (Å²) in [7, 11) is 0. The summed E-state index contributed by atoms with van der Waals surface area (Å²) in [6, 6.07) is 55.1. The Morgan fingerprint density at radius 3 is 1.65 bits per heavy atom. The number of amidine groups is 2. The Labute approximate surface area is 250 Å². The van der Waals surface area contributed by atoms with E-state index in [1.54, 1.807) is 0 Å². The van der Waals surface area contributed by atoms with Gasteiger partial charge in [-0.25, -0.2) is 9.98 Å². The Hall–Kier alpha value is -5.74. The van der Waals surface area contributed by atoms with Crippen molar-refractivity contribution in [1.82, 2.24) is 9.88 Å². The van der Waals surface area contributed by atoms with Gasteiger partial charge in [0.1, 0.15) is 11.7 Å². The number of hydrogen-bond acceptors (Lipinski definition) is 3. The van der Waals surface area contributed by atoms with E-state index in [4.69, 9.17) is 9.98 Å². The number of para-hydroxylation sites is 2. The average Bonchev–Trinajstić information content (AvgIpc) is 3.43.